The molecule has 5 heteroatoms. The molecule has 1 aliphatic rings. The van der Waals surface area contributed by atoms with Crippen LogP contribution in [0.25, 0.3) is 0 Å². The molecular weight excluding hydrogens is 218 g/mol. The molecule has 0 bridgehead atoms. The van der Waals surface area contributed by atoms with Crippen LogP contribution in [0.4, 0.5) is 0 Å². The highest BCUT2D eigenvalue weighted by Crippen LogP contribution is 2.23. The lowest BCUT2D eigenvalue weighted by Crippen LogP contribution is -2.32. The van der Waals surface area contributed by atoms with E-state index in [0.29, 0.717) is 12.5 Å². The smallest absolute Gasteiger partial charge is 0.256 e. The molecule has 1 aromatic heterocycles. The van der Waals surface area contributed by atoms with Gasteiger partial charge in [0.05, 0.1) is 0 Å². The Balaban J connectivity index is 1.90. The molecule has 0 saturated heterocycles. The Labute approximate surface area is 99.4 Å². The fraction of sp³-hybridized carbons (Fsp3) is 0.500. The van der Waals surface area contributed by atoms with Gasteiger partial charge >= 0.3 is 0 Å². The van der Waals surface area contributed by atoms with Crippen molar-refractivity contribution < 1.29 is 4.79 Å². The van der Waals surface area contributed by atoms with Crippen molar-refractivity contribution in [3.63, 3.8) is 0 Å². The number of H-pyrrole nitrogens is 1. The van der Waals surface area contributed by atoms with Gasteiger partial charge in [0.25, 0.3) is 5.91 Å². The normalized spacial score (nSPS) is 23.6. The molecule has 2 unspecified atom stereocenters. The van der Waals surface area contributed by atoms with Crippen LogP contribution in [0.5, 0.6) is 0 Å². The van der Waals surface area contributed by atoms with Crippen LogP contribution < -0.4 is 16.5 Å². The lowest BCUT2D eigenvalue weighted by atomic mass is 10.1. The van der Waals surface area contributed by atoms with Gasteiger partial charge in [0.2, 0.25) is 0 Å². The Morgan fingerprint density at radius 1 is 1.53 bits per heavy atom. The van der Waals surface area contributed by atoms with Gasteiger partial charge in [0, 0.05) is 31.0 Å². The summed E-state index contributed by atoms with van der Waals surface area (Å²) >= 11 is 0. The van der Waals surface area contributed by atoms with Crippen molar-refractivity contribution in [1.29, 1.82) is 0 Å². The van der Waals surface area contributed by atoms with E-state index >= 15 is 0 Å². The van der Waals surface area contributed by atoms with E-state index in [2.05, 4.69) is 10.3 Å². The summed E-state index contributed by atoms with van der Waals surface area (Å²) in [6.07, 6.45) is 5.96. The molecule has 1 fully saturated rings. The van der Waals surface area contributed by atoms with Crippen LogP contribution in [-0.2, 0) is 0 Å². The lowest BCUT2D eigenvalue weighted by molar-refractivity contribution is 0.0946. The summed E-state index contributed by atoms with van der Waals surface area (Å²) in [5.74, 6) is 0.129. The van der Waals surface area contributed by atoms with Crippen molar-refractivity contribution in [3.8, 4) is 0 Å². The quantitative estimate of drug-likeness (QED) is 0.701. The molecule has 1 heterocycles. The molecule has 0 spiro atoms. The largest absolute Gasteiger partial charge is 0.367 e. The standard InChI is InChI=1S/C12H17N3O2/c13-9-2-1-8(5-9)6-15-12(17)10-7-14-4-3-11(10)16/h3-4,7-9H,1-2,5-6,13H2,(H,14,16)(H,15,17). The number of amides is 1. The number of carbonyl (C=O) groups excluding carboxylic acids is 1. The Bertz CT molecular complexity index is 455. The highest BCUT2D eigenvalue weighted by Gasteiger charge is 2.22. The van der Waals surface area contributed by atoms with Crippen LogP contribution in [0.2, 0.25) is 0 Å². The average Bonchev–Trinajstić information content (AvgIpc) is 2.73. The second-order valence-corrected chi connectivity index (χ2v) is 4.57. The van der Waals surface area contributed by atoms with Gasteiger partial charge in [-0.25, -0.2) is 0 Å². The van der Waals surface area contributed by atoms with Gasteiger partial charge in [0.1, 0.15) is 5.56 Å². The Kier molecular flexibility index (Phi) is 3.58. The lowest BCUT2D eigenvalue weighted by Gasteiger charge is -2.10. The first-order valence-electron chi connectivity index (χ1n) is 5.87. The van der Waals surface area contributed by atoms with Crippen molar-refractivity contribution in [2.45, 2.75) is 25.3 Å². The molecule has 1 aromatic rings. The van der Waals surface area contributed by atoms with Gasteiger partial charge in [-0.2, -0.15) is 0 Å². The van der Waals surface area contributed by atoms with Gasteiger partial charge in [0.15, 0.2) is 5.43 Å². The highest BCUT2D eigenvalue weighted by molar-refractivity contribution is 5.93. The summed E-state index contributed by atoms with van der Waals surface area (Å²) in [4.78, 5) is 25.9. The summed E-state index contributed by atoms with van der Waals surface area (Å²) < 4.78 is 0. The monoisotopic (exact) mass is 235 g/mol. The predicted molar refractivity (Wildman–Crippen MR) is 64.7 cm³/mol. The van der Waals surface area contributed by atoms with Crippen LogP contribution in [0.15, 0.2) is 23.3 Å². The fourth-order valence-electron chi connectivity index (χ4n) is 2.22. The average molecular weight is 235 g/mol. The van der Waals surface area contributed by atoms with E-state index in [1.807, 2.05) is 0 Å². The van der Waals surface area contributed by atoms with E-state index in [1.165, 1.54) is 18.5 Å². The van der Waals surface area contributed by atoms with Crippen LogP contribution in [0, 0.1) is 5.92 Å². The van der Waals surface area contributed by atoms with Crippen LogP contribution in [-0.4, -0.2) is 23.5 Å². The first kappa shape index (κ1) is 11.9. The highest BCUT2D eigenvalue weighted by atomic mass is 16.2. The second-order valence-electron chi connectivity index (χ2n) is 4.57. The van der Waals surface area contributed by atoms with E-state index in [-0.39, 0.29) is 22.9 Å². The van der Waals surface area contributed by atoms with E-state index in [0.717, 1.165) is 19.3 Å². The Morgan fingerprint density at radius 2 is 2.35 bits per heavy atom. The molecule has 2 rings (SSSR count). The SMILES string of the molecule is NC1CCC(CNC(=O)c2c[nH]ccc2=O)C1. The number of nitrogens with two attached hydrogens (primary N) is 1. The van der Waals surface area contributed by atoms with Gasteiger partial charge < -0.3 is 16.0 Å². The van der Waals surface area contributed by atoms with Crippen LogP contribution >= 0.6 is 0 Å². The van der Waals surface area contributed by atoms with Crippen molar-refractivity contribution in [1.82, 2.24) is 10.3 Å². The maximum atomic E-state index is 11.7. The molecular formula is C12H17N3O2. The Morgan fingerprint density at radius 3 is 3.00 bits per heavy atom. The molecule has 1 amide bonds. The summed E-state index contributed by atoms with van der Waals surface area (Å²) in [7, 11) is 0. The fourth-order valence-corrected chi connectivity index (χ4v) is 2.22. The zero-order valence-corrected chi connectivity index (χ0v) is 9.61. The maximum absolute atomic E-state index is 11.7. The zero-order valence-electron chi connectivity index (χ0n) is 9.61. The van der Waals surface area contributed by atoms with E-state index < -0.39 is 0 Å². The molecule has 1 saturated carbocycles. The summed E-state index contributed by atoms with van der Waals surface area (Å²) in [6.45, 7) is 0.598. The topological polar surface area (TPSA) is 88.0 Å². The molecule has 92 valence electrons. The van der Waals surface area contributed by atoms with E-state index in [4.69, 9.17) is 5.73 Å². The molecule has 17 heavy (non-hydrogen) atoms. The number of pyridine rings is 1. The number of aromatic amines is 1. The zero-order chi connectivity index (χ0) is 12.3. The van der Waals surface area contributed by atoms with Crippen LogP contribution in [0.1, 0.15) is 29.6 Å². The third kappa shape index (κ3) is 2.94. The summed E-state index contributed by atoms with van der Waals surface area (Å²) in [6, 6.07) is 1.61. The van der Waals surface area contributed by atoms with Crippen molar-refractivity contribution in [2.75, 3.05) is 6.54 Å². The molecule has 0 aliphatic heterocycles. The first-order chi connectivity index (χ1) is 8.16. The molecule has 5 nitrogen and oxygen atoms in total. The summed E-state index contributed by atoms with van der Waals surface area (Å²) in [5, 5.41) is 2.79. The number of aromatic nitrogens is 1. The second kappa shape index (κ2) is 5.14. The third-order valence-corrected chi connectivity index (χ3v) is 3.20. The molecule has 0 radical (unpaired) electrons. The van der Waals surface area contributed by atoms with Gasteiger partial charge in [-0.1, -0.05) is 0 Å². The number of hydrogen-bond acceptors (Lipinski definition) is 3. The third-order valence-electron chi connectivity index (χ3n) is 3.20. The van der Waals surface area contributed by atoms with Gasteiger partial charge in [-0.15, -0.1) is 0 Å². The van der Waals surface area contributed by atoms with Crippen molar-refractivity contribution in [2.24, 2.45) is 11.7 Å². The van der Waals surface area contributed by atoms with E-state index in [9.17, 15) is 9.59 Å². The number of carbonyl (C=O) groups is 1. The van der Waals surface area contributed by atoms with E-state index in [1.54, 1.807) is 0 Å². The number of hydrogen-bond donors (Lipinski definition) is 3. The molecule has 1 aliphatic carbocycles. The molecule has 0 aromatic carbocycles. The first-order valence-corrected chi connectivity index (χ1v) is 5.87. The number of rotatable bonds is 3. The molecule has 2 atom stereocenters. The minimum absolute atomic E-state index is 0.162. The van der Waals surface area contributed by atoms with Gasteiger partial charge in [-0.3, -0.25) is 9.59 Å². The number of nitrogens with one attached hydrogen (secondary N) is 2. The maximum Gasteiger partial charge on any atom is 0.256 e. The van der Waals surface area contributed by atoms with Crippen molar-refractivity contribution >= 4 is 5.91 Å². The predicted octanol–water partition coefficient (Wildman–Crippen LogP) is 0.232. The Hall–Kier alpha value is -1.62. The summed E-state index contributed by atoms with van der Waals surface area (Å²) in [5.41, 5.74) is 5.70. The minimum Gasteiger partial charge on any atom is -0.367 e. The minimum atomic E-state index is -0.313. The van der Waals surface area contributed by atoms with Crippen molar-refractivity contribution in [3.05, 3.63) is 34.2 Å². The molecule has 4 N–H and O–H groups in total. The van der Waals surface area contributed by atoms with Crippen LogP contribution in [0.3, 0.4) is 0 Å². The van der Waals surface area contributed by atoms with Gasteiger partial charge in [-0.05, 0) is 25.2 Å².